The number of hydrogen-bond acceptors (Lipinski definition) is 6. The zero-order chi connectivity index (χ0) is 25.7. The molecule has 1 unspecified atom stereocenters. The predicted molar refractivity (Wildman–Crippen MR) is 141 cm³/mol. The molecule has 2 aromatic carbocycles. The first-order chi connectivity index (χ1) is 17.3. The number of hydrogen-bond donors (Lipinski definition) is 0. The number of aryl methyl sites for hydroxylation is 1. The number of thiophene rings is 1. The quantitative estimate of drug-likeness (QED) is 0.382. The molecule has 3 aromatic rings. The first-order valence-corrected chi connectivity index (χ1v) is 14.3. The van der Waals surface area contributed by atoms with E-state index in [1.807, 2.05) is 43.5 Å². The molecular weight excluding hydrogens is 496 g/mol. The van der Waals surface area contributed by atoms with Gasteiger partial charge < -0.3 is 14.4 Å². The number of rotatable bonds is 10. The van der Waals surface area contributed by atoms with Gasteiger partial charge in [-0.1, -0.05) is 30.7 Å². The molecular formula is C27H32N2O5S2. The molecule has 1 atom stereocenters. The second kappa shape index (κ2) is 11.5. The lowest BCUT2D eigenvalue weighted by Gasteiger charge is -2.37. The Bertz CT molecular complexity index is 1290. The molecule has 0 radical (unpaired) electrons. The Morgan fingerprint density at radius 1 is 1.14 bits per heavy atom. The monoisotopic (exact) mass is 528 g/mol. The van der Waals surface area contributed by atoms with Crippen molar-refractivity contribution in [2.45, 2.75) is 37.6 Å². The van der Waals surface area contributed by atoms with Gasteiger partial charge in [0.15, 0.2) is 0 Å². The topological polar surface area (TPSA) is 76.2 Å². The second-order valence-electron chi connectivity index (χ2n) is 8.79. The lowest BCUT2D eigenvalue weighted by atomic mass is 10.0. The van der Waals surface area contributed by atoms with Gasteiger partial charge in [-0.15, -0.1) is 11.3 Å². The van der Waals surface area contributed by atoms with E-state index in [0.717, 1.165) is 17.5 Å². The van der Waals surface area contributed by atoms with Crippen LogP contribution in [-0.2, 0) is 21.2 Å². The number of sulfonamides is 1. The normalized spacial score (nSPS) is 15.6. The van der Waals surface area contributed by atoms with Crippen molar-refractivity contribution in [1.29, 1.82) is 0 Å². The van der Waals surface area contributed by atoms with Crippen LogP contribution in [-0.4, -0.2) is 56.9 Å². The minimum atomic E-state index is -3.80. The zero-order valence-electron chi connectivity index (χ0n) is 20.8. The van der Waals surface area contributed by atoms with Crippen LogP contribution in [0.2, 0.25) is 0 Å². The van der Waals surface area contributed by atoms with E-state index in [0.29, 0.717) is 24.5 Å². The number of nitrogens with zero attached hydrogens (tertiary/aromatic N) is 2. The summed E-state index contributed by atoms with van der Waals surface area (Å²) in [7, 11) is -2.20. The van der Waals surface area contributed by atoms with Crippen LogP contribution in [0.3, 0.4) is 0 Å². The highest BCUT2D eigenvalue weighted by molar-refractivity contribution is 7.89. The van der Waals surface area contributed by atoms with Crippen molar-refractivity contribution < 1.29 is 22.7 Å². The molecule has 0 aliphatic carbocycles. The summed E-state index contributed by atoms with van der Waals surface area (Å²) >= 11 is 1.68. The fourth-order valence-electron chi connectivity index (χ4n) is 4.38. The second-order valence-corrected chi connectivity index (χ2v) is 11.7. The molecule has 1 amide bonds. The third-order valence-electron chi connectivity index (χ3n) is 6.31. The van der Waals surface area contributed by atoms with E-state index in [4.69, 9.17) is 9.47 Å². The van der Waals surface area contributed by atoms with Gasteiger partial charge in [0.05, 0.1) is 24.6 Å². The molecule has 0 N–H and O–H groups in total. The average Bonchev–Trinajstić information content (AvgIpc) is 3.36. The molecule has 192 valence electrons. The molecule has 7 nitrogen and oxygen atoms in total. The van der Waals surface area contributed by atoms with Gasteiger partial charge >= 0.3 is 0 Å². The van der Waals surface area contributed by atoms with E-state index in [-0.39, 0.29) is 36.5 Å². The van der Waals surface area contributed by atoms with Crippen molar-refractivity contribution in [3.63, 3.8) is 0 Å². The zero-order valence-corrected chi connectivity index (χ0v) is 22.5. The minimum absolute atomic E-state index is 0.200. The third-order valence-corrected chi connectivity index (χ3v) is 9.16. The van der Waals surface area contributed by atoms with Crippen LogP contribution in [0.25, 0.3) is 0 Å². The Balaban J connectivity index is 1.55. The van der Waals surface area contributed by atoms with Crippen LogP contribution >= 0.6 is 11.3 Å². The Morgan fingerprint density at radius 3 is 2.61 bits per heavy atom. The molecule has 2 heterocycles. The van der Waals surface area contributed by atoms with Gasteiger partial charge in [-0.25, -0.2) is 8.42 Å². The van der Waals surface area contributed by atoms with Crippen LogP contribution < -0.4 is 9.47 Å². The summed E-state index contributed by atoms with van der Waals surface area (Å²) < 4.78 is 39.4. The highest BCUT2D eigenvalue weighted by atomic mass is 32.2. The van der Waals surface area contributed by atoms with Crippen LogP contribution in [0.1, 0.15) is 35.4 Å². The van der Waals surface area contributed by atoms with Gasteiger partial charge in [-0.3, -0.25) is 4.79 Å². The van der Waals surface area contributed by atoms with E-state index in [1.54, 1.807) is 53.7 Å². The molecule has 4 rings (SSSR count). The lowest BCUT2D eigenvalue weighted by molar-refractivity contribution is -0.135. The molecule has 1 aliphatic heterocycles. The van der Waals surface area contributed by atoms with E-state index < -0.39 is 10.0 Å². The van der Waals surface area contributed by atoms with E-state index in [2.05, 4.69) is 0 Å². The Kier molecular flexibility index (Phi) is 8.33. The highest BCUT2D eigenvalue weighted by Gasteiger charge is 2.35. The van der Waals surface area contributed by atoms with Crippen molar-refractivity contribution >= 4 is 27.3 Å². The van der Waals surface area contributed by atoms with Crippen molar-refractivity contribution in [2.75, 3.05) is 33.4 Å². The maximum Gasteiger partial charge on any atom is 0.243 e. The fourth-order valence-corrected chi connectivity index (χ4v) is 6.79. The van der Waals surface area contributed by atoms with Crippen molar-refractivity contribution in [2.24, 2.45) is 0 Å². The van der Waals surface area contributed by atoms with Gasteiger partial charge in [0.1, 0.15) is 18.1 Å². The van der Waals surface area contributed by atoms with Gasteiger partial charge in [0, 0.05) is 24.0 Å². The minimum Gasteiger partial charge on any atom is -0.497 e. The van der Waals surface area contributed by atoms with Crippen LogP contribution in [0.15, 0.2) is 64.9 Å². The number of amides is 1. The van der Waals surface area contributed by atoms with Gasteiger partial charge in [0.25, 0.3) is 0 Å². The summed E-state index contributed by atoms with van der Waals surface area (Å²) in [6.07, 6.45) is 1.35. The summed E-state index contributed by atoms with van der Waals surface area (Å²) in [6, 6.07) is 15.8. The fraction of sp³-hybridized carbons (Fsp3) is 0.370. The standard InChI is InChI=1S/C27H32N2O5S2/c1-4-14-28(36(31,32)23-10-8-20(2)9-11-23)18-27(30)29-15-12-26-24(13-16-35-26)25(29)19-34-22-7-5-6-21(17-22)33-3/h5-11,13,16-17,25H,4,12,14-15,18-19H2,1-3H3. The highest BCUT2D eigenvalue weighted by Crippen LogP contribution is 2.34. The number of fused-ring (bicyclic) bond motifs is 1. The molecule has 1 aromatic heterocycles. The summed E-state index contributed by atoms with van der Waals surface area (Å²) in [4.78, 5) is 16.8. The molecule has 9 heteroatoms. The van der Waals surface area contributed by atoms with Crippen LogP contribution in [0.5, 0.6) is 11.5 Å². The summed E-state index contributed by atoms with van der Waals surface area (Å²) in [5, 5.41) is 2.03. The first kappa shape index (κ1) is 26.2. The maximum atomic E-state index is 13.6. The lowest BCUT2D eigenvalue weighted by Crippen LogP contribution is -2.48. The first-order valence-electron chi connectivity index (χ1n) is 12.0. The summed E-state index contributed by atoms with van der Waals surface area (Å²) in [6.45, 7) is 4.66. The van der Waals surface area contributed by atoms with Gasteiger partial charge in [-0.2, -0.15) is 4.31 Å². The number of carbonyl (C=O) groups is 1. The van der Waals surface area contributed by atoms with Gasteiger partial charge in [0.2, 0.25) is 15.9 Å². The Morgan fingerprint density at radius 2 is 1.89 bits per heavy atom. The molecule has 0 saturated carbocycles. The Hall–Kier alpha value is -2.88. The van der Waals surface area contributed by atoms with E-state index in [1.165, 1.54) is 9.18 Å². The smallest absolute Gasteiger partial charge is 0.243 e. The summed E-state index contributed by atoms with van der Waals surface area (Å²) in [5.74, 6) is 1.12. The van der Waals surface area contributed by atoms with Crippen molar-refractivity contribution in [3.8, 4) is 11.5 Å². The molecule has 1 aliphatic rings. The van der Waals surface area contributed by atoms with E-state index in [9.17, 15) is 13.2 Å². The molecule has 0 spiro atoms. The predicted octanol–water partition coefficient (Wildman–Crippen LogP) is 4.67. The molecule has 36 heavy (non-hydrogen) atoms. The maximum absolute atomic E-state index is 13.6. The van der Waals surface area contributed by atoms with Gasteiger partial charge in [-0.05, 0) is 61.0 Å². The van der Waals surface area contributed by atoms with Crippen molar-refractivity contribution in [1.82, 2.24) is 9.21 Å². The molecule has 0 fully saturated rings. The number of methoxy groups -OCH3 is 1. The SMILES string of the molecule is CCCN(CC(=O)N1CCc2sccc2C1COc1cccc(OC)c1)S(=O)(=O)c1ccc(C)cc1. The largest absolute Gasteiger partial charge is 0.497 e. The van der Waals surface area contributed by atoms with Crippen LogP contribution in [0, 0.1) is 6.92 Å². The van der Waals surface area contributed by atoms with Crippen molar-refractivity contribution in [3.05, 3.63) is 76.0 Å². The van der Waals surface area contributed by atoms with Crippen LogP contribution in [0.4, 0.5) is 0 Å². The third kappa shape index (κ3) is 5.74. The average molecular weight is 529 g/mol. The number of ether oxygens (including phenoxy) is 2. The molecule has 0 bridgehead atoms. The molecule has 0 saturated heterocycles. The number of carbonyl (C=O) groups excluding carboxylic acids is 1. The number of benzene rings is 2. The Labute approximate surface area is 217 Å². The van der Waals surface area contributed by atoms with E-state index >= 15 is 0 Å². The summed E-state index contributed by atoms with van der Waals surface area (Å²) in [5.41, 5.74) is 2.04.